The Hall–Kier alpha value is -1.04. The molecule has 5 saturated carbocycles. The molecule has 6 aliphatic carbocycles. The Balaban J connectivity index is 1.48. The second-order valence-electron chi connectivity index (χ2n) is 14.9. The Morgan fingerprint density at radius 2 is 1.89 bits per heavy atom. The Bertz CT molecular complexity index is 1040. The van der Waals surface area contributed by atoms with Crippen molar-refractivity contribution in [2.75, 3.05) is 13.7 Å². The molecule has 5 heteroatoms. The number of hydrogen-bond acceptors (Lipinski definition) is 5. The van der Waals surface area contributed by atoms with Gasteiger partial charge in [0.25, 0.3) is 0 Å². The van der Waals surface area contributed by atoms with Crippen LogP contribution in [0, 0.1) is 39.4 Å². The molecule has 9 unspecified atom stereocenters. The number of nitrogens with zero attached hydrogens (tertiary/aromatic N) is 1. The van der Waals surface area contributed by atoms with Crippen molar-refractivity contribution in [2.45, 2.75) is 109 Å². The van der Waals surface area contributed by atoms with E-state index >= 15 is 0 Å². The van der Waals surface area contributed by atoms with Gasteiger partial charge in [0.05, 0.1) is 5.60 Å². The molecule has 10 atom stereocenters. The van der Waals surface area contributed by atoms with Crippen molar-refractivity contribution in [3.8, 4) is 0 Å². The van der Waals surface area contributed by atoms with E-state index in [1.807, 2.05) is 20.1 Å². The van der Waals surface area contributed by atoms with Gasteiger partial charge in [0.1, 0.15) is 17.5 Å². The first-order valence-corrected chi connectivity index (χ1v) is 14.1. The fourth-order valence-corrected chi connectivity index (χ4v) is 10.8. The zero-order valence-corrected chi connectivity index (χ0v) is 22.7. The lowest BCUT2D eigenvalue weighted by molar-refractivity contribution is -0.330. The maximum atomic E-state index is 12.2. The number of hydrogen-bond donors (Lipinski definition) is 2. The molecule has 194 valence electrons. The fraction of sp³-hybridized carbons (Fsp3) is 0.867. The van der Waals surface area contributed by atoms with Gasteiger partial charge in [-0.3, -0.25) is 4.90 Å². The smallest absolute Gasteiger partial charge is 0.153 e. The molecule has 35 heavy (non-hydrogen) atoms. The first-order valence-electron chi connectivity index (χ1n) is 14.1. The lowest BCUT2D eigenvalue weighted by Gasteiger charge is -2.73. The second-order valence-corrected chi connectivity index (χ2v) is 14.9. The van der Waals surface area contributed by atoms with Crippen LogP contribution >= 0.6 is 0 Å². The van der Waals surface area contributed by atoms with E-state index in [4.69, 9.17) is 9.47 Å². The molecule has 7 fully saturated rings. The number of allylic oxidation sites excluding steroid dienone is 2. The van der Waals surface area contributed by atoms with Gasteiger partial charge < -0.3 is 19.7 Å². The van der Waals surface area contributed by atoms with Gasteiger partial charge in [0.2, 0.25) is 0 Å². The average molecular weight is 484 g/mol. The lowest BCUT2D eigenvalue weighted by Crippen LogP contribution is -2.79. The minimum absolute atomic E-state index is 0.0267. The third kappa shape index (κ3) is 2.27. The van der Waals surface area contributed by atoms with Crippen LogP contribution in [0.1, 0.15) is 80.1 Å². The average Bonchev–Trinajstić information content (AvgIpc) is 3.48. The molecule has 2 N–H and O–H groups in total. The molecule has 0 amide bonds. The highest BCUT2D eigenvalue weighted by molar-refractivity contribution is 5.46. The monoisotopic (exact) mass is 483 g/mol. The van der Waals surface area contributed by atoms with Gasteiger partial charge in [-0.1, -0.05) is 33.8 Å². The number of rotatable bonds is 4. The number of fused-ring (bicyclic) bond motifs is 4. The number of aliphatic hydroxyl groups is 2. The number of aliphatic hydroxyl groups excluding tert-OH is 1. The summed E-state index contributed by atoms with van der Waals surface area (Å²) in [5.41, 5.74) is -1.87. The van der Waals surface area contributed by atoms with Crippen molar-refractivity contribution in [3.63, 3.8) is 0 Å². The van der Waals surface area contributed by atoms with Gasteiger partial charge in [-0.2, -0.15) is 0 Å². The van der Waals surface area contributed by atoms with Crippen molar-refractivity contribution >= 4 is 0 Å². The third-order valence-corrected chi connectivity index (χ3v) is 13.1. The molecule has 4 bridgehead atoms. The van der Waals surface area contributed by atoms with Gasteiger partial charge in [-0.15, -0.1) is 0 Å². The van der Waals surface area contributed by atoms with Crippen molar-refractivity contribution in [3.05, 3.63) is 23.7 Å². The van der Waals surface area contributed by atoms with Crippen molar-refractivity contribution < 1.29 is 19.7 Å². The Kier molecular flexibility index (Phi) is 4.17. The summed E-state index contributed by atoms with van der Waals surface area (Å²) in [4.78, 5) is 2.89. The number of piperidine rings is 1. The molecule has 2 aliphatic heterocycles. The van der Waals surface area contributed by atoms with Crippen LogP contribution in [0.5, 0.6) is 0 Å². The van der Waals surface area contributed by atoms with Crippen LogP contribution in [0.15, 0.2) is 23.7 Å². The van der Waals surface area contributed by atoms with E-state index in [1.54, 1.807) is 0 Å². The largest absolute Gasteiger partial charge is 0.504 e. The zero-order chi connectivity index (χ0) is 25.0. The summed E-state index contributed by atoms with van der Waals surface area (Å²) < 4.78 is 13.6. The third-order valence-electron chi connectivity index (χ3n) is 13.1. The van der Waals surface area contributed by atoms with E-state index in [-0.39, 0.29) is 39.6 Å². The zero-order valence-electron chi connectivity index (χ0n) is 22.7. The van der Waals surface area contributed by atoms with Gasteiger partial charge in [-0.25, -0.2) is 0 Å². The van der Waals surface area contributed by atoms with Gasteiger partial charge in [0, 0.05) is 48.4 Å². The summed E-state index contributed by atoms with van der Waals surface area (Å²) in [6, 6.07) is 0.869. The first-order chi connectivity index (χ1) is 16.3. The number of methoxy groups -OCH3 is 1. The number of ether oxygens (including phenoxy) is 2. The van der Waals surface area contributed by atoms with E-state index in [9.17, 15) is 10.2 Å². The summed E-state index contributed by atoms with van der Waals surface area (Å²) in [5, 5.41) is 23.4. The quantitative estimate of drug-likeness (QED) is 0.575. The van der Waals surface area contributed by atoms with Crippen LogP contribution in [0.3, 0.4) is 0 Å². The topological polar surface area (TPSA) is 62.2 Å². The van der Waals surface area contributed by atoms with Gasteiger partial charge in [-0.05, 0) is 75.2 Å². The summed E-state index contributed by atoms with van der Waals surface area (Å²) >= 11 is 0. The SMILES string of the molecule is COC12CC[C@]3(CC1C(C)(O)C(C)(C)C)C(C)N(CC1CC1)C1CC34C3C(=C(O)C=CC13C)OC24. The number of likely N-dealkylation sites (tertiary alicyclic amines) is 1. The van der Waals surface area contributed by atoms with E-state index < -0.39 is 11.2 Å². The molecule has 0 radical (unpaired) electrons. The van der Waals surface area contributed by atoms with Gasteiger partial charge in [0.15, 0.2) is 5.76 Å². The van der Waals surface area contributed by atoms with E-state index in [0.29, 0.717) is 17.8 Å². The molecule has 8 rings (SSSR count). The molecular weight excluding hydrogens is 438 g/mol. The van der Waals surface area contributed by atoms with Crippen molar-refractivity contribution in [1.82, 2.24) is 4.90 Å². The summed E-state index contributed by atoms with van der Waals surface area (Å²) in [6.07, 6.45) is 10.9. The van der Waals surface area contributed by atoms with E-state index in [0.717, 1.165) is 37.4 Å². The highest BCUT2D eigenvalue weighted by atomic mass is 16.6. The fourth-order valence-electron chi connectivity index (χ4n) is 10.8. The van der Waals surface area contributed by atoms with E-state index in [1.165, 1.54) is 19.4 Å². The Morgan fingerprint density at radius 3 is 2.51 bits per heavy atom. The molecule has 5 nitrogen and oxygen atoms in total. The van der Waals surface area contributed by atoms with Crippen LogP contribution < -0.4 is 0 Å². The van der Waals surface area contributed by atoms with Crippen LogP contribution in [0.25, 0.3) is 0 Å². The summed E-state index contributed by atoms with van der Waals surface area (Å²) in [6.45, 7) is 14.6. The summed E-state index contributed by atoms with van der Waals surface area (Å²) in [5.74, 6) is 2.09. The predicted octanol–water partition coefficient (Wildman–Crippen LogP) is 5.20. The molecule has 2 heterocycles. The van der Waals surface area contributed by atoms with Crippen LogP contribution in [-0.4, -0.2) is 58.2 Å². The highest BCUT2D eigenvalue weighted by Crippen LogP contribution is 2.84. The predicted molar refractivity (Wildman–Crippen MR) is 135 cm³/mol. The first kappa shape index (κ1) is 23.1. The normalized spacial score (nSPS) is 53.5. The Morgan fingerprint density at radius 1 is 1.17 bits per heavy atom. The van der Waals surface area contributed by atoms with E-state index in [2.05, 4.69) is 45.6 Å². The lowest BCUT2D eigenvalue weighted by atomic mass is 9.35. The van der Waals surface area contributed by atoms with Crippen molar-refractivity contribution in [2.24, 2.45) is 39.4 Å². The van der Waals surface area contributed by atoms with Crippen molar-refractivity contribution in [1.29, 1.82) is 0 Å². The minimum Gasteiger partial charge on any atom is -0.504 e. The van der Waals surface area contributed by atoms with Crippen LogP contribution in [0.2, 0.25) is 0 Å². The molecule has 2 spiro atoms. The minimum atomic E-state index is -0.913. The maximum absolute atomic E-state index is 12.2. The molecule has 8 aliphatic rings. The van der Waals surface area contributed by atoms with Gasteiger partial charge >= 0.3 is 0 Å². The molecule has 2 saturated heterocycles. The molecule has 0 aromatic rings. The molecule has 0 aromatic heterocycles. The van der Waals surface area contributed by atoms with Crippen LogP contribution in [0.4, 0.5) is 0 Å². The summed E-state index contributed by atoms with van der Waals surface area (Å²) in [7, 11) is 1.84. The Labute approximate surface area is 210 Å². The standard InChI is InChI=1S/C30H45NO4/c1-17-28-12-13-30(34-7,20(14-28)27(6,33)25(2,3)4)24-29(28)15-21(31(17)16-18-8-9-18)26(5)11-10-19(32)22(35-24)23(26)29/h10-11,17-18,20-21,23-24,32-33H,8-9,12-16H2,1-7H3/t17?,20?,21?,23?,24?,26?,27?,28-,29?,30?/m0/s1. The molecule has 0 aromatic carbocycles. The maximum Gasteiger partial charge on any atom is 0.153 e. The van der Waals surface area contributed by atoms with Crippen LogP contribution in [-0.2, 0) is 9.47 Å². The molecular formula is C30H45NO4. The second kappa shape index (κ2) is 6.32. The highest BCUT2D eigenvalue weighted by Gasteiger charge is 2.88.